The first-order valence-corrected chi connectivity index (χ1v) is 6.42. The molecule has 6 heteroatoms. The Labute approximate surface area is 118 Å². The number of nitrogens with one attached hydrogen (secondary N) is 1. The van der Waals surface area contributed by atoms with Crippen LogP contribution in [0.1, 0.15) is 31.9 Å². The number of carbonyl (C=O) groups excluding carboxylic acids is 1. The molecule has 0 aliphatic rings. The zero-order valence-electron chi connectivity index (χ0n) is 12.3. The fraction of sp³-hybridized carbons (Fsp3) is 0.500. The minimum atomic E-state index is -0.531. The van der Waals surface area contributed by atoms with Gasteiger partial charge in [0.05, 0.1) is 0 Å². The van der Waals surface area contributed by atoms with Crippen LogP contribution in [0.4, 0.5) is 10.5 Å². The van der Waals surface area contributed by atoms with Crippen LogP contribution in [0.5, 0.6) is 0 Å². The van der Waals surface area contributed by atoms with Gasteiger partial charge >= 0.3 is 6.09 Å². The number of rotatable bonds is 4. The number of ether oxygens (including phenoxy) is 1. The Morgan fingerprint density at radius 1 is 1.45 bits per heavy atom. The first-order chi connectivity index (χ1) is 9.31. The van der Waals surface area contributed by atoms with Crippen LogP contribution in [-0.2, 0) is 11.2 Å². The fourth-order valence-electron chi connectivity index (χ4n) is 1.60. The number of amides is 1. The third-order valence-corrected chi connectivity index (χ3v) is 2.50. The van der Waals surface area contributed by atoms with Crippen molar-refractivity contribution >= 4 is 11.8 Å². The van der Waals surface area contributed by atoms with E-state index in [1.54, 1.807) is 0 Å². The molecule has 6 nitrogen and oxygen atoms in total. The van der Waals surface area contributed by atoms with Crippen molar-refractivity contribution in [1.29, 1.82) is 0 Å². The minimum Gasteiger partial charge on any atom is -0.444 e. The van der Waals surface area contributed by atoms with Crippen LogP contribution < -0.4 is 5.32 Å². The van der Waals surface area contributed by atoms with Crippen molar-refractivity contribution < 1.29 is 9.53 Å². The summed E-state index contributed by atoms with van der Waals surface area (Å²) in [5.41, 5.74) is 10.4. The molecule has 1 N–H and O–H groups in total. The number of hydrogen-bond acceptors (Lipinski definition) is 3. The normalized spacial score (nSPS) is 10.6. The Hall–Kier alpha value is -2.20. The number of aryl methyl sites for hydroxylation is 1. The highest BCUT2D eigenvalue weighted by molar-refractivity contribution is 5.86. The first-order valence-electron chi connectivity index (χ1n) is 6.42. The van der Waals surface area contributed by atoms with E-state index in [0.29, 0.717) is 18.7 Å². The molecular formula is C14H20N4O2. The van der Waals surface area contributed by atoms with Crippen molar-refractivity contribution in [3.8, 4) is 0 Å². The Morgan fingerprint density at radius 3 is 2.75 bits per heavy atom. The summed E-state index contributed by atoms with van der Waals surface area (Å²) in [7, 11) is 0. The second-order valence-corrected chi connectivity index (χ2v) is 5.48. The molecule has 0 unspecified atom stereocenters. The first kappa shape index (κ1) is 15.9. The van der Waals surface area contributed by atoms with Crippen LogP contribution in [0.15, 0.2) is 23.3 Å². The lowest BCUT2D eigenvalue weighted by atomic mass is 10.1. The van der Waals surface area contributed by atoms with Gasteiger partial charge in [0.25, 0.3) is 0 Å². The molecule has 0 aliphatic heterocycles. The van der Waals surface area contributed by atoms with E-state index in [-0.39, 0.29) is 0 Å². The highest BCUT2D eigenvalue weighted by Gasteiger charge is 2.16. The largest absolute Gasteiger partial charge is 0.444 e. The van der Waals surface area contributed by atoms with E-state index in [2.05, 4.69) is 15.3 Å². The highest BCUT2D eigenvalue weighted by atomic mass is 16.6. The Balaban J connectivity index is 2.76. The minimum absolute atomic E-state index is 0.394. The van der Waals surface area contributed by atoms with Crippen molar-refractivity contribution in [1.82, 2.24) is 0 Å². The maximum Gasteiger partial charge on any atom is 0.412 e. The molecule has 0 spiro atoms. The number of anilines is 1. The molecule has 1 rings (SSSR count). The molecule has 0 bridgehead atoms. The molecule has 0 saturated heterocycles. The van der Waals surface area contributed by atoms with E-state index in [1.807, 2.05) is 45.9 Å². The average Bonchev–Trinajstić information content (AvgIpc) is 2.31. The quantitative estimate of drug-likeness (QED) is 0.507. The van der Waals surface area contributed by atoms with Gasteiger partial charge in [-0.15, -0.1) is 0 Å². The number of nitrogens with zero attached hydrogens (tertiary/aromatic N) is 3. The third-order valence-electron chi connectivity index (χ3n) is 2.50. The summed E-state index contributed by atoms with van der Waals surface area (Å²) < 4.78 is 5.22. The van der Waals surface area contributed by atoms with E-state index in [9.17, 15) is 4.79 Å². The molecule has 0 aromatic heterocycles. The Morgan fingerprint density at radius 2 is 2.15 bits per heavy atom. The summed E-state index contributed by atoms with van der Waals surface area (Å²) in [6.07, 6.45) is 0.153. The monoisotopic (exact) mass is 276 g/mol. The van der Waals surface area contributed by atoms with Crippen LogP contribution in [0.25, 0.3) is 10.4 Å². The molecule has 20 heavy (non-hydrogen) atoms. The zero-order valence-corrected chi connectivity index (χ0v) is 12.3. The van der Waals surface area contributed by atoms with Crippen molar-refractivity contribution in [2.45, 2.75) is 39.7 Å². The summed E-state index contributed by atoms with van der Waals surface area (Å²) in [4.78, 5) is 14.5. The van der Waals surface area contributed by atoms with Crippen LogP contribution in [0, 0.1) is 6.92 Å². The molecule has 0 fully saturated rings. The van der Waals surface area contributed by atoms with Gasteiger partial charge in [-0.05, 0) is 56.8 Å². The lowest BCUT2D eigenvalue weighted by molar-refractivity contribution is 0.0636. The second kappa shape index (κ2) is 6.82. The van der Waals surface area contributed by atoms with Crippen LogP contribution in [0.3, 0.4) is 0 Å². The third kappa shape index (κ3) is 5.63. The lowest BCUT2D eigenvalue weighted by Crippen LogP contribution is -2.27. The molecule has 0 saturated carbocycles. The molecule has 108 valence electrons. The van der Waals surface area contributed by atoms with E-state index in [1.165, 1.54) is 0 Å². The predicted octanol–water partition coefficient (Wildman–Crippen LogP) is 4.19. The van der Waals surface area contributed by atoms with Crippen LogP contribution >= 0.6 is 0 Å². The average molecular weight is 276 g/mol. The molecular weight excluding hydrogens is 256 g/mol. The smallest absolute Gasteiger partial charge is 0.412 e. The molecule has 1 aromatic rings. The molecule has 0 radical (unpaired) electrons. The number of hydrogen-bond donors (Lipinski definition) is 1. The second-order valence-electron chi connectivity index (χ2n) is 5.48. The van der Waals surface area contributed by atoms with Gasteiger partial charge in [0, 0.05) is 17.1 Å². The number of benzene rings is 1. The summed E-state index contributed by atoms with van der Waals surface area (Å²) in [6, 6.07) is 5.73. The van der Waals surface area contributed by atoms with Crippen molar-refractivity contribution in [2.24, 2.45) is 5.11 Å². The van der Waals surface area contributed by atoms with Gasteiger partial charge in [0.1, 0.15) is 5.60 Å². The standard InChI is InChI=1S/C14H20N4O2/c1-10-5-6-11(7-8-16-18-15)9-12(10)17-13(19)20-14(2,3)4/h5-6,9H,7-8H2,1-4H3,(H,17,19). The fourth-order valence-corrected chi connectivity index (χ4v) is 1.60. The molecule has 1 amide bonds. The van der Waals surface area contributed by atoms with E-state index >= 15 is 0 Å². The summed E-state index contributed by atoms with van der Waals surface area (Å²) >= 11 is 0. The summed E-state index contributed by atoms with van der Waals surface area (Å²) in [5.74, 6) is 0. The Bertz CT molecular complexity index is 528. The van der Waals surface area contributed by atoms with Gasteiger partial charge in [-0.3, -0.25) is 5.32 Å². The summed E-state index contributed by atoms with van der Waals surface area (Å²) in [5, 5.41) is 6.23. The molecule has 0 atom stereocenters. The summed E-state index contributed by atoms with van der Waals surface area (Å²) in [6.45, 7) is 7.75. The zero-order chi connectivity index (χ0) is 15.2. The lowest BCUT2D eigenvalue weighted by Gasteiger charge is -2.20. The number of carbonyl (C=O) groups is 1. The van der Waals surface area contributed by atoms with Crippen LogP contribution in [-0.4, -0.2) is 18.2 Å². The Kier molecular flexibility index (Phi) is 5.41. The van der Waals surface area contributed by atoms with Gasteiger partial charge in [0.2, 0.25) is 0 Å². The maximum atomic E-state index is 11.8. The highest BCUT2D eigenvalue weighted by Crippen LogP contribution is 2.19. The molecule has 1 aromatic carbocycles. The number of azide groups is 1. The SMILES string of the molecule is Cc1ccc(CCN=[N+]=[N-])cc1NC(=O)OC(C)(C)C. The van der Waals surface area contributed by atoms with E-state index in [0.717, 1.165) is 11.1 Å². The molecule has 0 heterocycles. The molecule has 0 aliphatic carbocycles. The van der Waals surface area contributed by atoms with E-state index in [4.69, 9.17) is 10.3 Å². The van der Waals surface area contributed by atoms with Gasteiger partial charge in [-0.25, -0.2) is 4.79 Å². The van der Waals surface area contributed by atoms with Crippen molar-refractivity contribution in [3.05, 3.63) is 39.8 Å². The van der Waals surface area contributed by atoms with Gasteiger partial charge in [-0.2, -0.15) is 0 Å². The maximum absolute atomic E-state index is 11.8. The topological polar surface area (TPSA) is 87.1 Å². The predicted molar refractivity (Wildman–Crippen MR) is 78.8 cm³/mol. The van der Waals surface area contributed by atoms with Gasteiger partial charge in [-0.1, -0.05) is 17.2 Å². The van der Waals surface area contributed by atoms with E-state index < -0.39 is 11.7 Å². The van der Waals surface area contributed by atoms with Crippen molar-refractivity contribution in [3.63, 3.8) is 0 Å². The van der Waals surface area contributed by atoms with Gasteiger partial charge in [0.15, 0.2) is 0 Å². The van der Waals surface area contributed by atoms with Crippen molar-refractivity contribution in [2.75, 3.05) is 11.9 Å². The van der Waals surface area contributed by atoms with Gasteiger partial charge < -0.3 is 4.74 Å². The van der Waals surface area contributed by atoms with Crippen LogP contribution in [0.2, 0.25) is 0 Å².